The molecule has 2 N–H and O–H groups in total. The third kappa shape index (κ3) is 3.99. The topological polar surface area (TPSA) is 67.4 Å². The maximum absolute atomic E-state index is 5.35. The molecule has 0 fully saturated rings. The minimum atomic E-state index is 0.378. The number of aryl methyl sites for hydroxylation is 1. The van der Waals surface area contributed by atoms with E-state index in [0.29, 0.717) is 12.1 Å². The standard InChI is InChI=1S/C18H27N5O/c1-13(2)23-12-14-6-7-15(11-17(14)22-23)21-18(19-3)20-9-8-16-5-4-10-24-16/h4-5,10,12-13,15H,6-9,11H2,1-3H3,(H2,19,20,21). The number of hydrogen-bond donors (Lipinski definition) is 2. The van der Waals surface area contributed by atoms with Crippen LogP contribution in [0.5, 0.6) is 0 Å². The number of rotatable bonds is 5. The van der Waals surface area contributed by atoms with E-state index in [1.54, 1.807) is 6.26 Å². The predicted molar refractivity (Wildman–Crippen MR) is 95.3 cm³/mol. The van der Waals surface area contributed by atoms with Gasteiger partial charge in [0.05, 0.1) is 12.0 Å². The van der Waals surface area contributed by atoms with Crippen molar-refractivity contribution in [2.24, 2.45) is 4.99 Å². The lowest BCUT2D eigenvalue weighted by Crippen LogP contribution is -2.46. The monoisotopic (exact) mass is 329 g/mol. The highest BCUT2D eigenvalue weighted by Gasteiger charge is 2.22. The van der Waals surface area contributed by atoms with Crippen LogP contribution >= 0.6 is 0 Å². The zero-order valence-corrected chi connectivity index (χ0v) is 14.7. The largest absolute Gasteiger partial charge is 0.469 e. The molecule has 1 unspecified atom stereocenters. The van der Waals surface area contributed by atoms with Crippen LogP contribution in [0.15, 0.2) is 34.0 Å². The van der Waals surface area contributed by atoms with Crippen LogP contribution in [0.25, 0.3) is 0 Å². The minimum Gasteiger partial charge on any atom is -0.469 e. The van der Waals surface area contributed by atoms with Gasteiger partial charge >= 0.3 is 0 Å². The van der Waals surface area contributed by atoms with Crippen LogP contribution in [-0.2, 0) is 19.3 Å². The first-order valence-corrected chi connectivity index (χ1v) is 8.72. The molecule has 24 heavy (non-hydrogen) atoms. The Hall–Kier alpha value is -2.24. The summed E-state index contributed by atoms with van der Waals surface area (Å²) in [5, 5.41) is 11.6. The quantitative estimate of drug-likeness (QED) is 0.652. The van der Waals surface area contributed by atoms with Crippen molar-refractivity contribution < 1.29 is 4.42 Å². The highest BCUT2D eigenvalue weighted by molar-refractivity contribution is 5.80. The summed E-state index contributed by atoms with van der Waals surface area (Å²) < 4.78 is 7.42. The van der Waals surface area contributed by atoms with E-state index in [2.05, 4.69) is 40.4 Å². The molecule has 3 rings (SSSR count). The van der Waals surface area contributed by atoms with Crippen LogP contribution in [0.4, 0.5) is 0 Å². The molecule has 2 aromatic heterocycles. The molecule has 6 nitrogen and oxygen atoms in total. The molecule has 0 spiro atoms. The minimum absolute atomic E-state index is 0.378. The summed E-state index contributed by atoms with van der Waals surface area (Å²) in [6.07, 6.45) is 7.89. The maximum atomic E-state index is 5.35. The van der Waals surface area contributed by atoms with E-state index in [-0.39, 0.29) is 0 Å². The Morgan fingerprint density at radius 1 is 1.50 bits per heavy atom. The fourth-order valence-corrected chi connectivity index (χ4v) is 3.05. The Bertz CT molecular complexity index is 672. The van der Waals surface area contributed by atoms with Crippen LogP contribution in [0.1, 0.15) is 43.3 Å². The molecule has 1 aliphatic carbocycles. The van der Waals surface area contributed by atoms with Gasteiger partial charge in [-0.15, -0.1) is 0 Å². The Kier molecular flexibility index (Phi) is 5.23. The van der Waals surface area contributed by atoms with Gasteiger partial charge in [0.1, 0.15) is 5.76 Å². The van der Waals surface area contributed by atoms with Crippen LogP contribution < -0.4 is 10.6 Å². The van der Waals surface area contributed by atoms with Crippen LogP contribution in [-0.4, -0.2) is 35.4 Å². The number of aromatic nitrogens is 2. The molecular formula is C18H27N5O. The van der Waals surface area contributed by atoms with Crippen LogP contribution in [0.3, 0.4) is 0 Å². The molecule has 0 bridgehead atoms. The van der Waals surface area contributed by atoms with Gasteiger partial charge in [-0.3, -0.25) is 9.67 Å². The predicted octanol–water partition coefficient (Wildman–Crippen LogP) is 2.32. The Morgan fingerprint density at radius 2 is 2.38 bits per heavy atom. The Labute approximate surface area is 143 Å². The molecule has 1 atom stereocenters. The molecular weight excluding hydrogens is 302 g/mol. The second-order valence-electron chi connectivity index (χ2n) is 6.59. The summed E-state index contributed by atoms with van der Waals surface area (Å²) in [6.45, 7) is 5.13. The number of guanidine groups is 1. The van der Waals surface area contributed by atoms with Crippen LogP contribution in [0.2, 0.25) is 0 Å². The molecule has 2 aromatic rings. The SMILES string of the molecule is CN=C(NCCc1ccco1)NC1CCc2cn(C(C)C)nc2C1. The number of hydrogen-bond acceptors (Lipinski definition) is 3. The molecule has 2 heterocycles. The van der Waals surface area contributed by atoms with E-state index in [1.807, 2.05) is 19.2 Å². The number of fused-ring (bicyclic) bond motifs is 1. The molecule has 130 valence electrons. The van der Waals surface area contributed by atoms with Gasteiger partial charge in [-0.1, -0.05) is 0 Å². The lowest BCUT2D eigenvalue weighted by molar-refractivity contribution is 0.494. The number of aliphatic imine (C=N–C) groups is 1. The van der Waals surface area contributed by atoms with Crippen molar-refractivity contribution in [3.05, 3.63) is 41.6 Å². The lowest BCUT2D eigenvalue weighted by atomic mass is 9.94. The molecule has 0 saturated carbocycles. The summed E-state index contributed by atoms with van der Waals surface area (Å²) in [7, 11) is 1.81. The molecule has 0 radical (unpaired) electrons. The van der Waals surface area contributed by atoms with Crippen molar-refractivity contribution >= 4 is 5.96 Å². The van der Waals surface area contributed by atoms with Crippen molar-refractivity contribution in [3.8, 4) is 0 Å². The molecule has 1 aliphatic rings. The summed E-state index contributed by atoms with van der Waals surface area (Å²) in [6, 6.07) is 4.70. The van der Waals surface area contributed by atoms with Gasteiger partial charge in [0.2, 0.25) is 0 Å². The van der Waals surface area contributed by atoms with Gasteiger partial charge in [-0.25, -0.2) is 0 Å². The van der Waals surface area contributed by atoms with E-state index < -0.39 is 0 Å². The van der Waals surface area contributed by atoms with Gasteiger partial charge in [0, 0.05) is 44.7 Å². The van der Waals surface area contributed by atoms with E-state index in [1.165, 1.54) is 11.3 Å². The highest BCUT2D eigenvalue weighted by Crippen LogP contribution is 2.21. The van der Waals surface area contributed by atoms with Gasteiger partial charge in [-0.2, -0.15) is 5.10 Å². The summed E-state index contributed by atoms with van der Waals surface area (Å²) in [5.74, 6) is 1.83. The Morgan fingerprint density at radius 3 is 3.08 bits per heavy atom. The van der Waals surface area contributed by atoms with Crippen molar-refractivity contribution in [2.75, 3.05) is 13.6 Å². The highest BCUT2D eigenvalue weighted by atomic mass is 16.3. The third-order valence-corrected chi connectivity index (χ3v) is 4.43. The molecule has 0 amide bonds. The third-order valence-electron chi connectivity index (χ3n) is 4.43. The van der Waals surface area contributed by atoms with E-state index >= 15 is 0 Å². The van der Waals surface area contributed by atoms with Crippen molar-refractivity contribution in [2.45, 2.75) is 51.6 Å². The van der Waals surface area contributed by atoms with Gasteiger partial charge < -0.3 is 15.1 Å². The molecule has 0 aliphatic heterocycles. The number of nitrogens with one attached hydrogen (secondary N) is 2. The zero-order chi connectivity index (χ0) is 16.9. The summed E-state index contributed by atoms with van der Waals surface area (Å²) >= 11 is 0. The lowest BCUT2D eigenvalue weighted by Gasteiger charge is -2.24. The summed E-state index contributed by atoms with van der Waals surface area (Å²) in [4.78, 5) is 4.33. The zero-order valence-electron chi connectivity index (χ0n) is 14.7. The van der Waals surface area contributed by atoms with Crippen molar-refractivity contribution in [1.29, 1.82) is 0 Å². The van der Waals surface area contributed by atoms with Gasteiger partial charge in [-0.05, 0) is 44.4 Å². The number of furan rings is 1. The van der Waals surface area contributed by atoms with E-state index in [0.717, 1.165) is 43.9 Å². The number of nitrogens with zero attached hydrogens (tertiary/aromatic N) is 3. The first kappa shape index (κ1) is 16.6. The van der Waals surface area contributed by atoms with Gasteiger partial charge in [0.25, 0.3) is 0 Å². The smallest absolute Gasteiger partial charge is 0.191 e. The molecule has 0 saturated heterocycles. The normalized spacial score (nSPS) is 17.8. The van der Waals surface area contributed by atoms with E-state index in [4.69, 9.17) is 9.52 Å². The van der Waals surface area contributed by atoms with E-state index in [9.17, 15) is 0 Å². The average Bonchev–Trinajstić information content (AvgIpc) is 3.22. The second-order valence-corrected chi connectivity index (χ2v) is 6.59. The average molecular weight is 329 g/mol. The Balaban J connectivity index is 1.51. The second kappa shape index (κ2) is 7.55. The van der Waals surface area contributed by atoms with Gasteiger partial charge in [0.15, 0.2) is 5.96 Å². The van der Waals surface area contributed by atoms with Crippen molar-refractivity contribution in [3.63, 3.8) is 0 Å². The van der Waals surface area contributed by atoms with Crippen LogP contribution in [0, 0.1) is 0 Å². The molecule has 0 aromatic carbocycles. The summed E-state index contributed by atoms with van der Waals surface area (Å²) in [5.41, 5.74) is 2.61. The fraction of sp³-hybridized carbons (Fsp3) is 0.556. The fourth-order valence-electron chi connectivity index (χ4n) is 3.05. The first-order chi connectivity index (χ1) is 11.7. The van der Waals surface area contributed by atoms with Crippen molar-refractivity contribution in [1.82, 2.24) is 20.4 Å². The molecule has 6 heteroatoms. The maximum Gasteiger partial charge on any atom is 0.191 e. The first-order valence-electron chi connectivity index (χ1n) is 8.72.